The quantitative estimate of drug-likeness (QED) is 0.354. The van der Waals surface area contributed by atoms with Crippen molar-refractivity contribution in [2.24, 2.45) is 10.4 Å². The van der Waals surface area contributed by atoms with Crippen LogP contribution in [0.15, 0.2) is 64.9 Å². The first kappa shape index (κ1) is 28.7. The molecule has 8 nitrogen and oxygen atoms in total. The summed E-state index contributed by atoms with van der Waals surface area (Å²) in [7, 11) is 0. The van der Waals surface area contributed by atoms with Crippen LogP contribution in [-0.4, -0.2) is 84.4 Å². The first-order chi connectivity index (χ1) is 18.6. The lowest BCUT2D eigenvalue weighted by atomic mass is 9.77. The molecular weight excluding hydrogens is 516 g/mol. The molecule has 0 unspecified atom stereocenters. The van der Waals surface area contributed by atoms with Gasteiger partial charge in [0.05, 0.1) is 24.4 Å². The van der Waals surface area contributed by atoms with Gasteiger partial charge >= 0.3 is 0 Å². The maximum atomic E-state index is 13.0. The first-order valence-electron chi connectivity index (χ1n) is 13.2. The Morgan fingerprint density at radius 2 is 1.74 bits per heavy atom. The summed E-state index contributed by atoms with van der Waals surface area (Å²) in [6.07, 6.45) is 2.41. The van der Waals surface area contributed by atoms with E-state index in [-0.39, 0.29) is 35.2 Å². The second-order valence-corrected chi connectivity index (χ2v) is 11.3. The van der Waals surface area contributed by atoms with Gasteiger partial charge in [0.2, 0.25) is 5.91 Å². The number of anilines is 1. The van der Waals surface area contributed by atoms with Gasteiger partial charge in [-0.15, -0.1) is 0 Å². The number of benzene rings is 2. The number of hydrogen-bond acceptors (Lipinski definition) is 7. The molecule has 1 fully saturated rings. The van der Waals surface area contributed by atoms with Crippen LogP contribution in [0.25, 0.3) is 0 Å². The molecule has 1 aliphatic carbocycles. The lowest BCUT2D eigenvalue weighted by molar-refractivity contribution is -0.118. The van der Waals surface area contributed by atoms with Gasteiger partial charge in [0.15, 0.2) is 11.6 Å². The molecule has 39 heavy (non-hydrogen) atoms. The van der Waals surface area contributed by atoms with E-state index < -0.39 is 0 Å². The monoisotopic (exact) mass is 550 g/mol. The topological polar surface area (TPSA) is 102 Å². The molecule has 0 radical (unpaired) electrons. The average Bonchev–Trinajstić information content (AvgIpc) is 2.89. The standard InChI is InChI=1S/C30H35ClN4O4/c1-30(2)17-26(36)24(27(37)18-30)19-32-10-11-34-12-14-35(15-13-34)20-28(38)33-25-9-8-22(31)16-23(25)29(39)21-6-4-3-5-7-21/h3-9,16,19,36H,10-15,17-18,20H2,1-2H3,(H,33,38). The molecular formula is C30H35ClN4O4. The fourth-order valence-electron chi connectivity index (χ4n) is 4.93. The van der Waals surface area contributed by atoms with Crippen LogP contribution in [0, 0.1) is 5.41 Å². The van der Waals surface area contributed by atoms with E-state index >= 15 is 0 Å². The van der Waals surface area contributed by atoms with Crippen LogP contribution < -0.4 is 5.32 Å². The molecule has 206 valence electrons. The van der Waals surface area contributed by atoms with Gasteiger partial charge < -0.3 is 10.4 Å². The van der Waals surface area contributed by atoms with Crippen molar-refractivity contribution < 1.29 is 19.5 Å². The van der Waals surface area contributed by atoms with Crippen LogP contribution in [0.4, 0.5) is 5.69 Å². The van der Waals surface area contributed by atoms with Gasteiger partial charge in [-0.3, -0.25) is 29.2 Å². The summed E-state index contributed by atoms with van der Waals surface area (Å²) in [6.45, 7) is 8.48. The van der Waals surface area contributed by atoms with Crippen molar-refractivity contribution >= 4 is 41.0 Å². The maximum Gasteiger partial charge on any atom is 0.238 e. The van der Waals surface area contributed by atoms with Gasteiger partial charge in [-0.2, -0.15) is 0 Å². The summed E-state index contributed by atoms with van der Waals surface area (Å²) in [5, 5.41) is 13.5. The predicted octanol–water partition coefficient (Wildman–Crippen LogP) is 4.40. The number of aliphatic hydroxyl groups is 1. The largest absolute Gasteiger partial charge is 0.511 e. The fourth-order valence-corrected chi connectivity index (χ4v) is 5.10. The van der Waals surface area contributed by atoms with Gasteiger partial charge in [-0.25, -0.2) is 0 Å². The van der Waals surface area contributed by atoms with E-state index in [1.807, 2.05) is 19.9 Å². The number of carbonyl (C=O) groups excluding carboxylic acids is 3. The molecule has 1 aliphatic heterocycles. The number of nitrogens with one attached hydrogen (secondary N) is 1. The van der Waals surface area contributed by atoms with E-state index in [1.54, 1.807) is 42.5 Å². The third kappa shape index (κ3) is 7.85. The molecule has 4 rings (SSSR count). The smallest absolute Gasteiger partial charge is 0.238 e. The molecule has 1 saturated heterocycles. The lowest BCUT2D eigenvalue weighted by Crippen LogP contribution is -2.49. The highest BCUT2D eigenvalue weighted by molar-refractivity contribution is 6.31. The minimum absolute atomic E-state index is 0.0606. The second-order valence-electron chi connectivity index (χ2n) is 10.9. The summed E-state index contributed by atoms with van der Waals surface area (Å²) in [6, 6.07) is 13.8. The number of aliphatic hydroxyl groups excluding tert-OH is 1. The Labute approximate surface area is 234 Å². The molecule has 2 aromatic rings. The van der Waals surface area contributed by atoms with Crippen LogP contribution in [0.3, 0.4) is 0 Å². The Morgan fingerprint density at radius 3 is 2.44 bits per heavy atom. The van der Waals surface area contributed by atoms with Crippen LogP contribution in [0.2, 0.25) is 5.02 Å². The molecule has 2 aliphatic rings. The highest BCUT2D eigenvalue weighted by atomic mass is 35.5. The third-order valence-electron chi connectivity index (χ3n) is 7.03. The van der Waals surface area contributed by atoms with Gasteiger partial charge in [0, 0.05) is 67.9 Å². The van der Waals surface area contributed by atoms with Crippen molar-refractivity contribution in [2.75, 3.05) is 51.1 Å². The predicted molar refractivity (Wildman–Crippen MR) is 154 cm³/mol. The molecule has 2 aromatic carbocycles. The van der Waals surface area contributed by atoms with Crippen LogP contribution in [0.1, 0.15) is 42.6 Å². The van der Waals surface area contributed by atoms with Gasteiger partial charge in [-0.1, -0.05) is 55.8 Å². The molecule has 2 N–H and O–H groups in total. The van der Waals surface area contributed by atoms with Crippen LogP contribution in [-0.2, 0) is 9.59 Å². The lowest BCUT2D eigenvalue weighted by Gasteiger charge is -2.34. The number of rotatable bonds is 9. The molecule has 1 amide bonds. The minimum atomic E-state index is -0.216. The number of aliphatic imine (C=N–C) groups is 1. The molecule has 0 saturated carbocycles. The number of amides is 1. The van der Waals surface area contributed by atoms with Crippen LogP contribution in [0.5, 0.6) is 0 Å². The number of piperazine rings is 1. The summed E-state index contributed by atoms with van der Waals surface area (Å²) in [5.74, 6) is -0.324. The average molecular weight is 551 g/mol. The normalized spacial score (nSPS) is 18.5. The Hall–Kier alpha value is -3.33. The summed E-state index contributed by atoms with van der Waals surface area (Å²) in [4.78, 5) is 46.9. The fraction of sp³-hybridized carbons (Fsp3) is 0.400. The molecule has 0 bridgehead atoms. The molecule has 9 heteroatoms. The highest BCUT2D eigenvalue weighted by Crippen LogP contribution is 2.35. The Morgan fingerprint density at radius 1 is 1.05 bits per heavy atom. The summed E-state index contributed by atoms with van der Waals surface area (Å²) >= 11 is 6.15. The van der Waals surface area contributed by atoms with Crippen molar-refractivity contribution in [3.63, 3.8) is 0 Å². The number of hydrogen-bond donors (Lipinski definition) is 2. The van der Waals surface area contributed by atoms with E-state index in [2.05, 4.69) is 20.1 Å². The maximum absolute atomic E-state index is 13.0. The number of carbonyl (C=O) groups is 3. The zero-order chi connectivity index (χ0) is 28.0. The van der Waals surface area contributed by atoms with Crippen molar-refractivity contribution in [2.45, 2.75) is 26.7 Å². The Kier molecular flexibility index (Phi) is 9.32. The van der Waals surface area contributed by atoms with Gasteiger partial charge in [-0.05, 0) is 23.6 Å². The van der Waals surface area contributed by atoms with Crippen molar-refractivity contribution in [3.05, 3.63) is 76.0 Å². The Bertz CT molecular complexity index is 1280. The van der Waals surface area contributed by atoms with E-state index in [4.69, 9.17) is 11.6 Å². The molecule has 1 heterocycles. The number of Topliss-reactive ketones (excluding diaryl/α,β-unsaturated/α-hetero) is 1. The summed E-state index contributed by atoms with van der Waals surface area (Å²) in [5.41, 5.74) is 1.44. The number of allylic oxidation sites excluding steroid dienone is 2. The third-order valence-corrected chi connectivity index (χ3v) is 7.27. The molecule has 0 spiro atoms. The highest BCUT2D eigenvalue weighted by Gasteiger charge is 2.32. The number of halogens is 1. The zero-order valence-corrected chi connectivity index (χ0v) is 23.2. The first-order valence-corrected chi connectivity index (χ1v) is 13.6. The van der Waals surface area contributed by atoms with Gasteiger partial charge in [0.1, 0.15) is 5.76 Å². The van der Waals surface area contributed by atoms with E-state index in [9.17, 15) is 19.5 Å². The van der Waals surface area contributed by atoms with E-state index in [0.29, 0.717) is 46.8 Å². The van der Waals surface area contributed by atoms with E-state index in [1.165, 1.54) is 6.21 Å². The summed E-state index contributed by atoms with van der Waals surface area (Å²) < 4.78 is 0. The molecule has 0 aromatic heterocycles. The van der Waals surface area contributed by atoms with Crippen LogP contribution >= 0.6 is 11.6 Å². The Balaban J connectivity index is 1.24. The molecule has 0 atom stereocenters. The van der Waals surface area contributed by atoms with Gasteiger partial charge in [0.25, 0.3) is 0 Å². The number of ketones is 2. The number of nitrogens with zero attached hydrogens (tertiary/aromatic N) is 3. The van der Waals surface area contributed by atoms with E-state index in [0.717, 1.165) is 32.7 Å². The van der Waals surface area contributed by atoms with Crippen molar-refractivity contribution in [1.82, 2.24) is 9.80 Å². The van der Waals surface area contributed by atoms with Crippen molar-refractivity contribution in [3.8, 4) is 0 Å². The SMILES string of the molecule is CC1(C)CC(=O)C(C=NCCN2CCN(CC(=O)Nc3ccc(Cl)cc3C(=O)c3ccccc3)CC2)=C(O)C1. The minimum Gasteiger partial charge on any atom is -0.511 e. The zero-order valence-electron chi connectivity index (χ0n) is 22.5. The second kappa shape index (κ2) is 12.7. The van der Waals surface area contributed by atoms with Crippen molar-refractivity contribution in [1.29, 1.82) is 0 Å².